The molecule has 0 aliphatic carbocycles. The zero-order chi connectivity index (χ0) is 11.3. The molecule has 0 unspecified atom stereocenters. The molecule has 0 atom stereocenters. The Balaban J connectivity index is 2.57. The number of rotatable bonds is 3. The standard InChI is InChI=1S/C8H7ClN2O4/c9-15-8(12)10-5-6-1-3-7(4-2-6)11(13)14/h1-4H,5H2,(H,10,12). The largest absolute Gasteiger partial charge is 0.425 e. The van der Waals surface area contributed by atoms with Crippen LogP contribution in [-0.2, 0) is 10.8 Å². The lowest BCUT2D eigenvalue weighted by Crippen LogP contribution is -2.20. The van der Waals surface area contributed by atoms with Crippen LogP contribution in [0, 0.1) is 10.1 Å². The first-order chi connectivity index (χ1) is 7.13. The van der Waals surface area contributed by atoms with Crippen LogP contribution in [0.3, 0.4) is 0 Å². The third kappa shape index (κ3) is 3.43. The van der Waals surface area contributed by atoms with Crippen LogP contribution in [0.1, 0.15) is 5.56 Å². The molecule has 0 fully saturated rings. The molecule has 1 amide bonds. The third-order valence-electron chi connectivity index (χ3n) is 1.65. The molecule has 7 heteroatoms. The number of carbonyl (C=O) groups is 1. The summed E-state index contributed by atoms with van der Waals surface area (Å²) in [6.45, 7) is 0.198. The van der Waals surface area contributed by atoms with Gasteiger partial charge in [-0.25, -0.2) is 4.79 Å². The fourth-order valence-corrected chi connectivity index (χ4v) is 0.992. The summed E-state index contributed by atoms with van der Waals surface area (Å²) in [5, 5.41) is 12.7. The zero-order valence-corrected chi connectivity index (χ0v) is 8.23. The number of hydrogen-bond acceptors (Lipinski definition) is 4. The van der Waals surface area contributed by atoms with Crippen molar-refractivity contribution in [1.29, 1.82) is 0 Å². The topological polar surface area (TPSA) is 81.5 Å². The predicted octanol–water partition coefficient (Wildman–Crippen LogP) is 1.97. The molecule has 0 aromatic heterocycles. The molecule has 0 bridgehead atoms. The van der Waals surface area contributed by atoms with Gasteiger partial charge in [-0.3, -0.25) is 10.1 Å². The quantitative estimate of drug-likeness (QED) is 0.636. The number of non-ortho nitro benzene ring substituents is 1. The van der Waals surface area contributed by atoms with E-state index in [1.807, 2.05) is 0 Å². The SMILES string of the molecule is O=C(NCc1ccc([N+](=O)[O-])cc1)OCl. The van der Waals surface area contributed by atoms with Crippen molar-refractivity contribution in [3.63, 3.8) is 0 Å². The highest BCUT2D eigenvalue weighted by Gasteiger charge is 2.04. The van der Waals surface area contributed by atoms with E-state index in [-0.39, 0.29) is 12.2 Å². The minimum absolute atomic E-state index is 0.00123. The van der Waals surface area contributed by atoms with E-state index < -0.39 is 11.0 Å². The van der Waals surface area contributed by atoms with E-state index in [0.717, 1.165) is 0 Å². The smallest absolute Gasteiger partial charge is 0.330 e. The van der Waals surface area contributed by atoms with Gasteiger partial charge in [0.1, 0.15) is 11.9 Å². The summed E-state index contributed by atoms with van der Waals surface area (Å²) in [4.78, 5) is 20.4. The lowest BCUT2D eigenvalue weighted by Gasteiger charge is -2.01. The minimum Gasteiger partial charge on any atom is -0.330 e. The Labute approximate surface area is 90.1 Å². The molecule has 6 nitrogen and oxygen atoms in total. The molecule has 0 aliphatic heterocycles. The van der Waals surface area contributed by atoms with E-state index in [1.54, 1.807) is 0 Å². The van der Waals surface area contributed by atoms with E-state index in [2.05, 4.69) is 9.61 Å². The molecule has 0 saturated carbocycles. The van der Waals surface area contributed by atoms with Crippen molar-refractivity contribution in [2.75, 3.05) is 0 Å². The Kier molecular flexibility index (Phi) is 3.87. The highest BCUT2D eigenvalue weighted by molar-refractivity contribution is 6.12. The van der Waals surface area contributed by atoms with Crippen LogP contribution in [0.2, 0.25) is 0 Å². The van der Waals surface area contributed by atoms with Crippen molar-refractivity contribution >= 4 is 23.6 Å². The maximum absolute atomic E-state index is 10.6. The van der Waals surface area contributed by atoms with Gasteiger partial charge in [0, 0.05) is 18.7 Å². The first-order valence-corrected chi connectivity index (χ1v) is 4.24. The van der Waals surface area contributed by atoms with Crippen LogP contribution in [0.5, 0.6) is 0 Å². The molecule has 15 heavy (non-hydrogen) atoms. The summed E-state index contributed by atoms with van der Waals surface area (Å²) in [6, 6.07) is 5.77. The Morgan fingerprint density at radius 1 is 1.47 bits per heavy atom. The normalized spacial score (nSPS) is 9.40. The maximum atomic E-state index is 10.6. The number of benzene rings is 1. The van der Waals surface area contributed by atoms with Gasteiger partial charge in [-0.15, -0.1) is 0 Å². The van der Waals surface area contributed by atoms with Crippen LogP contribution in [0.25, 0.3) is 0 Å². The number of nitrogens with one attached hydrogen (secondary N) is 1. The van der Waals surface area contributed by atoms with Gasteiger partial charge >= 0.3 is 6.09 Å². The number of halogens is 1. The average molecular weight is 231 g/mol. The number of amides is 1. The molecule has 0 saturated heterocycles. The molecule has 1 aromatic rings. The van der Waals surface area contributed by atoms with Crippen LogP contribution in [0.15, 0.2) is 24.3 Å². The second-order valence-corrected chi connectivity index (χ2v) is 2.80. The molecular weight excluding hydrogens is 224 g/mol. The summed E-state index contributed by atoms with van der Waals surface area (Å²) < 4.78 is 3.85. The fourth-order valence-electron chi connectivity index (χ4n) is 0.937. The number of nitro benzene ring substituents is 1. The first-order valence-electron chi connectivity index (χ1n) is 3.93. The third-order valence-corrected chi connectivity index (χ3v) is 1.79. The molecule has 80 valence electrons. The minimum atomic E-state index is -0.769. The Morgan fingerprint density at radius 2 is 2.07 bits per heavy atom. The highest BCUT2D eigenvalue weighted by atomic mass is 35.5. The van der Waals surface area contributed by atoms with Crippen molar-refractivity contribution in [1.82, 2.24) is 5.32 Å². The summed E-state index contributed by atoms with van der Waals surface area (Å²) in [7, 11) is 0. The Bertz CT molecular complexity index is 365. The zero-order valence-electron chi connectivity index (χ0n) is 7.47. The van der Waals surface area contributed by atoms with Crippen molar-refractivity contribution < 1.29 is 14.0 Å². The lowest BCUT2D eigenvalue weighted by atomic mass is 10.2. The molecule has 1 aromatic carbocycles. The fraction of sp³-hybridized carbons (Fsp3) is 0.125. The molecule has 0 aliphatic rings. The highest BCUT2D eigenvalue weighted by Crippen LogP contribution is 2.11. The van der Waals surface area contributed by atoms with Crippen LogP contribution < -0.4 is 5.32 Å². The van der Waals surface area contributed by atoms with Crippen molar-refractivity contribution in [2.45, 2.75) is 6.54 Å². The second kappa shape index (κ2) is 5.16. The van der Waals surface area contributed by atoms with Gasteiger partial charge in [0.05, 0.1) is 4.92 Å². The number of nitrogens with zero attached hydrogens (tertiary/aromatic N) is 1. The summed E-state index contributed by atoms with van der Waals surface area (Å²) in [5.41, 5.74) is 0.710. The second-order valence-electron chi connectivity index (χ2n) is 2.64. The van der Waals surface area contributed by atoms with Crippen LogP contribution in [0.4, 0.5) is 10.5 Å². The van der Waals surface area contributed by atoms with E-state index in [1.165, 1.54) is 24.3 Å². The maximum Gasteiger partial charge on any atom is 0.425 e. The molecule has 1 rings (SSSR count). The number of carbonyl (C=O) groups excluding carboxylic acids is 1. The average Bonchev–Trinajstić information content (AvgIpc) is 2.26. The molecule has 0 spiro atoms. The van der Waals surface area contributed by atoms with Crippen LogP contribution >= 0.6 is 11.9 Å². The molecular formula is C8H7ClN2O4. The number of hydrogen-bond donors (Lipinski definition) is 1. The predicted molar refractivity (Wildman–Crippen MR) is 52.3 cm³/mol. The van der Waals surface area contributed by atoms with Gasteiger partial charge in [-0.2, -0.15) is 0 Å². The van der Waals surface area contributed by atoms with E-state index in [9.17, 15) is 14.9 Å². The monoisotopic (exact) mass is 230 g/mol. The summed E-state index contributed by atoms with van der Waals surface area (Å²) in [6.07, 6.45) is -0.769. The first kappa shape index (κ1) is 11.3. The van der Waals surface area contributed by atoms with Gasteiger partial charge in [0.2, 0.25) is 0 Å². The lowest BCUT2D eigenvalue weighted by molar-refractivity contribution is -0.384. The Hall–Kier alpha value is -1.82. The van der Waals surface area contributed by atoms with E-state index in [0.29, 0.717) is 5.56 Å². The Morgan fingerprint density at radius 3 is 2.53 bits per heavy atom. The van der Waals surface area contributed by atoms with Gasteiger partial charge < -0.3 is 9.61 Å². The molecule has 1 N–H and O–H groups in total. The van der Waals surface area contributed by atoms with Gasteiger partial charge in [-0.05, 0) is 5.56 Å². The van der Waals surface area contributed by atoms with Crippen molar-refractivity contribution in [2.24, 2.45) is 0 Å². The van der Waals surface area contributed by atoms with Gasteiger partial charge in [0.15, 0.2) is 0 Å². The molecule has 0 radical (unpaired) electrons. The summed E-state index contributed by atoms with van der Waals surface area (Å²) in [5.74, 6) is 0. The molecule has 0 heterocycles. The van der Waals surface area contributed by atoms with Crippen molar-refractivity contribution in [3.8, 4) is 0 Å². The van der Waals surface area contributed by atoms with Crippen LogP contribution in [-0.4, -0.2) is 11.0 Å². The van der Waals surface area contributed by atoms with Gasteiger partial charge in [-0.1, -0.05) is 12.1 Å². The van der Waals surface area contributed by atoms with Gasteiger partial charge in [0.25, 0.3) is 5.69 Å². The summed E-state index contributed by atoms with van der Waals surface area (Å²) >= 11 is 4.78. The van der Waals surface area contributed by atoms with E-state index >= 15 is 0 Å². The number of nitro groups is 1. The van der Waals surface area contributed by atoms with Crippen molar-refractivity contribution in [3.05, 3.63) is 39.9 Å². The van der Waals surface area contributed by atoms with E-state index in [4.69, 9.17) is 11.9 Å².